The molecule has 2 heterocycles. The minimum atomic E-state index is -3.53. The molecule has 0 fully saturated rings. The normalized spacial score (nSPS) is 12.2. The first-order chi connectivity index (χ1) is 9.90. The first kappa shape index (κ1) is 15.5. The number of hydrogen-bond acceptors (Lipinski definition) is 5. The molecule has 2 aromatic rings. The number of aromatic nitrogens is 4. The van der Waals surface area contributed by atoms with E-state index in [1.807, 2.05) is 0 Å². The Morgan fingerprint density at radius 1 is 1.33 bits per heavy atom. The van der Waals surface area contributed by atoms with Gasteiger partial charge < -0.3 is 0 Å². The quantitative estimate of drug-likeness (QED) is 0.810. The fourth-order valence-electron chi connectivity index (χ4n) is 1.54. The molecule has 0 spiro atoms. The lowest BCUT2D eigenvalue weighted by Gasteiger charge is -2.20. The molecule has 0 atom stereocenters. The molecule has 9 heteroatoms. The highest BCUT2D eigenvalue weighted by molar-refractivity contribution is 7.87. The third-order valence-electron chi connectivity index (χ3n) is 3.00. The second-order valence-corrected chi connectivity index (χ2v) is 6.59. The molecule has 0 unspecified atom stereocenters. The molecular weight excluding hydrogens is 292 g/mol. The van der Waals surface area contributed by atoms with Gasteiger partial charge in [0.1, 0.15) is 5.82 Å². The van der Waals surface area contributed by atoms with Crippen LogP contribution in [0.3, 0.4) is 0 Å². The summed E-state index contributed by atoms with van der Waals surface area (Å²) in [7, 11) is -2.00. The number of hydrogen-bond donors (Lipinski definition) is 2. The van der Waals surface area contributed by atoms with Crippen LogP contribution in [0.25, 0.3) is 11.4 Å². The molecule has 0 aliphatic carbocycles. The minimum Gasteiger partial charge on any atom is -0.265 e. The van der Waals surface area contributed by atoms with Gasteiger partial charge >= 0.3 is 0 Å². The van der Waals surface area contributed by atoms with Crippen molar-refractivity contribution in [3.8, 4) is 11.4 Å². The van der Waals surface area contributed by atoms with Crippen molar-refractivity contribution >= 4 is 10.2 Å². The molecular formula is C12H18N6O2S. The van der Waals surface area contributed by atoms with Gasteiger partial charge in [0.05, 0.1) is 6.54 Å². The van der Waals surface area contributed by atoms with Gasteiger partial charge in [0, 0.05) is 31.0 Å². The van der Waals surface area contributed by atoms with Crippen molar-refractivity contribution in [3.05, 3.63) is 30.4 Å². The van der Waals surface area contributed by atoms with Crippen molar-refractivity contribution in [1.82, 2.24) is 29.2 Å². The number of nitrogens with one attached hydrogen (secondary N) is 2. The zero-order valence-corrected chi connectivity index (χ0v) is 12.9. The third kappa shape index (κ3) is 3.84. The second kappa shape index (κ2) is 6.29. The van der Waals surface area contributed by atoms with Crippen LogP contribution >= 0.6 is 0 Å². The standard InChI is InChI=1S/C12H18N6O2S/c1-9(2)18(3)21(19,20)14-8-11-15-12(17-16-11)10-4-6-13-7-5-10/h4-7,9,14H,8H2,1-3H3,(H,15,16,17). The monoisotopic (exact) mass is 310 g/mol. The molecule has 0 bridgehead atoms. The molecule has 21 heavy (non-hydrogen) atoms. The first-order valence-corrected chi connectivity index (χ1v) is 7.88. The van der Waals surface area contributed by atoms with Crippen molar-refractivity contribution in [2.45, 2.75) is 26.4 Å². The Labute approximate surface area is 123 Å². The van der Waals surface area contributed by atoms with Crippen LogP contribution in [0.5, 0.6) is 0 Å². The van der Waals surface area contributed by atoms with E-state index in [1.165, 1.54) is 11.4 Å². The highest BCUT2D eigenvalue weighted by atomic mass is 32.2. The van der Waals surface area contributed by atoms with Gasteiger partial charge in [-0.3, -0.25) is 10.1 Å². The molecule has 0 radical (unpaired) electrons. The predicted molar refractivity (Wildman–Crippen MR) is 78.3 cm³/mol. The molecule has 8 nitrogen and oxygen atoms in total. The van der Waals surface area contributed by atoms with Crippen LogP contribution in [0, 0.1) is 0 Å². The molecule has 0 aliphatic heterocycles. The Balaban J connectivity index is 2.04. The molecule has 0 amide bonds. The van der Waals surface area contributed by atoms with Crippen LogP contribution in [0.15, 0.2) is 24.5 Å². The Morgan fingerprint density at radius 3 is 2.62 bits per heavy atom. The van der Waals surface area contributed by atoms with Crippen molar-refractivity contribution in [3.63, 3.8) is 0 Å². The molecule has 2 aromatic heterocycles. The largest absolute Gasteiger partial charge is 0.279 e. The highest BCUT2D eigenvalue weighted by Gasteiger charge is 2.20. The zero-order chi connectivity index (χ0) is 15.5. The van der Waals surface area contributed by atoms with E-state index < -0.39 is 10.2 Å². The van der Waals surface area contributed by atoms with E-state index >= 15 is 0 Å². The molecule has 0 saturated heterocycles. The summed E-state index contributed by atoms with van der Waals surface area (Å²) in [5.41, 5.74) is 0.814. The average molecular weight is 310 g/mol. The fraction of sp³-hybridized carbons (Fsp3) is 0.417. The maximum Gasteiger partial charge on any atom is 0.279 e. The van der Waals surface area contributed by atoms with Crippen LogP contribution in [0.1, 0.15) is 19.7 Å². The van der Waals surface area contributed by atoms with E-state index in [0.717, 1.165) is 5.56 Å². The lowest BCUT2D eigenvalue weighted by Crippen LogP contribution is -2.41. The van der Waals surface area contributed by atoms with Crippen LogP contribution in [-0.2, 0) is 16.8 Å². The van der Waals surface area contributed by atoms with Crippen molar-refractivity contribution in [2.75, 3.05) is 7.05 Å². The molecule has 114 valence electrons. The summed E-state index contributed by atoms with van der Waals surface area (Å²) in [6.45, 7) is 3.65. The van der Waals surface area contributed by atoms with Crippen molar-refractivity contribution < 1.29 is 8.42 Å². The van der Waals surface area contributed by atoms with Crippen LogP contribution in [0.4, 0.5) is 0 Å². The average Bonchev–Trinajstić information content (AvgIpc) is 2.94. The zero-order valence-electron chi connectivity index (χ0n) is 12.1. The summed E-state index contributed by atoms with van der Waals surface area (Å²) in [5.74, 6) is 0.950. The molecule has 0 aliphatic rings. The summed E-state index contributed by atoms with van der Waals surface area (Å²) in [6, 6.07) is 3.44. The van der Waals surface area contributed by atoms with E-state index in [0.29, 0.717) is 11.6 Å². The number of pyridine rings is 1. The van der Waals surface area contributed by atoms with E-state index in [9.17, 15) is 8.42 Å². The lowest BCUT2D eigenvalue weighted by molar-refractivity contribution is 0.402. The fourth-order valence-corrected chi connectivity index (χ4v) is 2.62. The molecule has 2 N–H and O–H groups in total. The van der Waals surface area contributed by atoms with Gasteiger partial charge in [0.25, 0.3) is 10.2 Å². The van der Waals surface area contributed by atoms with Gasteiger partial charge in [-0.15, -0.1) is 0 Å². The Bertz CT molecular complexity index is 683. The highest BCUT2D eigenvalue weighted by Crippen LogP contribution is 2.12. The smallest absolute Gasteiger partial charge is 0.265 e. The van der Waals surface area contributed by atoms with Crippen molar-refractivity contribution in [1.29, 1.82) is 0 Å². The minimum absolute atomic E-state index is 0.0531. The topological polar surface area (TPSA) is 104 Å². The summed E-state index contributed by atoms with van der Waals surface area (Å²) in [5, 5.41) is 6.77. The van der Waals surface area contributed by atoms with Gasteiger partial charge in [-0.1, -0.05) is 0 Å². The first-order valence-electron chi connectivity index (χ1n) is 6.44. The van der Waals surface area contributed by atoms with Gasteiger partial charge in [0.2, 0.25) is 0 Å². The van der Waals surface area contributed by atoms with E-state index in [1.54, 1.807) is 38.4 Å². The maximum atomic E-state index is 12.0. The van der Waals surface area contributed by atoms with Crippen LogP contribution in [0.2, 0.25) is 0 Å². The lowest BCUT2D eigenvalue weighted by atomic mass is 10.2. The maximum absolute atomic E-state index is 12.0. The second-order valence-electron chi connectivity index (χ2n) is 4.78. The summed E-state index contributed by atoms with van der Waals surface area (Å²) in [6.07, 6.45) is 3.29. The Kier molecular flexibility index (Phi) is 4.66. The van der Waals surface area contributed by atoms with E-state index in [4.69, 9.17) is 0 Å². The van der Waals surface area contributed by atoms with Gasteiger partial charge in [-0.05, 0) is 26.0 Å². The van der Waals surface area contributed by atoms with Gasteiger partial charge in [-0.25, -0.2) is 4.98 Å². The molecule has 2 rings (SSSR count). The van der Waals surface area contributed by atoms with E-state index in [-0.39, 0.29) is 12.6 Å². The molecule has 0 saturated carbocycles. The summed E-state index contributed by atoms with van der Waals surface area (Å²) < 4.78 is 27.7. The number of aromatic amines is 1. The Hall–Kier alpha value is -1.84. The summed E-state index contributed by atoms with van der Waals surface area (Å²) >= 11 is 0. The van der Waals surface area contributed by atoms with Gasteiger partial charge in [0.15, 0.2) is 5.82 Å². The SMILES string of the molecule is CC(C)N(C)S(=O)(=O)NCc1nc(-c2ccncc2)n[nH]1. The number of H-pyrrole nitrogens is 1. The number of rotatable bonds is 6. The van der Waals surface area contributed by atoms with Crippen LogP contribution < -0.4 is 4.72 Å². The van der Waals surface area contributed by atoms with Gasteiger partial charge in [-0.2, -0.15) is 22.5 Å². The summed E-state index contributed by atoms with van der Waals surface area (Å²) in [4.78, 5) is 8.17. The Morgan fingerprint density at radius 2 is 2.00 bits per heavy atom. The van der Waals surface area contributed by atoms with E-state index in [2.05, 4.69) is 24.9 Å². The predicted octanol–water partition coefficient (Wildman–Crippen LogP) is 0.541. The van der Waals surface area contributed by atoms with Crippen molar-refractivity contribution in [2.24, 2.45) is 0 Å². The third-order valence-corrected chi connectivity index (χ3v) is 4.69. The molecule has 0 aromatic carbocycles. The number of nitrogens with zero attached hydrogens (tertiary/aromatic N) is 4. The van der Waals surface area contributed by atoms with Crippen LogP contribution in [-0.4, -0.2) is 46.0 Å².